The van der Waals surface area contributed by atoms with Crippen LogP contribution in [0.1, 0.15) is 0 Å². The molecule has 0 aromatic carbocycles. The molecule has 40 valence electrons. The Morgan fingerprint density at radius 2 is 0.500 bits per heavy atom. The fraction of sp³-hybridized carbons (Fsp3) is 0. The zero-order valence-electron chi connectivity index (χ0n) is 3.05. The first-order valence-corrected chi connectivity index (χ1v) is 0. The Morgan fingerprint density at radius 1 is 0.500 bits per heavy atom. The van der Waals surface area contributed by atoms with Crippen LogP contribution in [0, 0.1) is 0 Å². The molecule has 0 radical (unpaired) electrons. The summed E-state index contributed by atoms with van der Waals surface area (Å²) in [7, 11) is 0. The van der Waals surface area contributed by atoms with Crippen LogP contribution in [0.5, 0.6) is 0 Å². The first-order chi connectivity index (χ1) is 0. The number of hydrogen-bond donors (Lipinski definition) is 0. The molecule has 5 nitrogen and oxygen atoms in total. The van der Waals surface area contributed by atoms with Crippen molar-refractivity contribution in [1.82, 2.24) is 0 Å². The van der Waals surface area contributed by atoms with E-state index in [0.717, 1.165) is 0 Å². The fourth-order valence-corrected chi connectivity index (χ4v) is 0. The van der Waals surface area contributed by atoms with Gasteiger partial charge in [-0.05, 0) is 0 Å². The van der Waals surface area contributed by atoms with Gasteiger partial charge < -0.3 is 27.4 Å². The monoisotopic (exact) mass is 127 g/mol. The molecule has 7 N–H and O–H groups in total. The van der Waals surface area contributed by atoms with Crippen molar-refractivity contribution in [3.63, 3.8) is 0 Å². The van der Waals surface area contributed by atoms with Gasteiger partial charge in [-0.15, -0.1) is 0 Å². The summed E-state index contributed by atoms with van der Waals surface area (Å²) in [6.07, 6.45) is 0. The van der Waals surface area contributed by atoms with Gasteiger partial charge in [0.1, 0.15) is 0 Å². The maximum Gasteiger partial charge on any atom is 2.00 e. The molecular weight excluding hydrogens is 120 g/mol. The van der Waals surface area contributed by atoms with Crippen LogP contribution < -0.4 is 0 Å². The van der Waals surface area contributed by atoms with Crippen LogP contribution in [0.15, 0.2) is 0 Å². The van der Waals surface area contributed by atoms with Gasteiger partial charge in [0.25, 0.3) is 0 Å². The second-order valence-electron chi connectivity index (χ2n) is 0. The molecule has 0 amide bonds. The minimum Gasteiger partial charge on any atom is -0.870 e. The third-order valence-electron chi connectivity index (χ3n) is 0. The van der Waals surface area contributed by atoms with Gasteiger partial charge in [-0.25, -0.2) is 0 Å². The predicted molar refractivity (Wildman–Crippen MR) is 18.8 cm³/mol. The smallest absolute Gasteiger partial charge is 0.870 e. The molecule has 0 bridgehead atoms. The zero-order chi connectivity index (χ0) is 0. The third kappa shape index (κ3) is 74.3. The van der Waals surface area contributed by atoms with Crippen molar-refractivity contribution in [2.75, 3.05) is 0 Å². The maximum absolute atomic E-state index is 0. The second kappa shape index (κ2) is 138. The zero-order valence-corrected chi connectivity index (χ0v) is 5.26. The van der Waals surface area contributed by atoms with Crippen LogP contribution in [0.25, 0.3) is 0 Å². The standard InChI is InChI=1S/Ca.5H2O/h;5*1H2/q+2;;;;;/p-3. The predicted octanol–water partition coefficient (Wildman–Crippen LogP) is -2.56. The summed E-state index contributed by atoms with van der Waals surface area (Å²) in [5.74, 6) is 0. The van der Waals surface area contributed by atoms with Crippen LogP contribution in [0.4, 0.5) is 0 Å². The van der Waals surface area contributed by atoms with Gasteiger partial charge in [0, 0.05) is 0 Å². The van der Waals surface area contributed by atoms with E-state index in [9.17, 15) is 0 Å². The van der Waals surface area contributed by atoms with Gasteiger partial charge in [-0.1, -0.05) is 0 Å². The van der Waals surface area contributed by atoms with Crippen LogP contribution in [-0.2, 0) is 0 Å². The molecule has 6 heavy (non-hydrogen) atoms. The van der Waals surface area contributed by atoms with Gasteiger partial charge >= 0.3 is 37.7 Å². The van der Waals surface area contributed by atoms with E-state index in [1.54, 1.807) is 0 Å². The summed E-state index contributed by atoms with van der Waals surface area (Å²) in [5.41, 5.74) is 0. The van der Waals surface area contributed by atoms with Gasteiger partial charge in [-0.3, -0.25) is 0 Å². The SMILES string of the molecule is O.O.[Ca+2].[OH-].[OH-].[OH-]. The van der Waals surface area contributed by atoms with E-state index in [4.69, 9.17) is 0 Å². The molecule has 0 saturated heterocycles. The van der Waals surface area contributed by atoms with Crippen LogP contribution in [0.3, 0.4) is 0 Å². The van der Waals surface area contributed by atoms with Crippen molar-refractivity contribution < 1.29 is 27.4 Å². The van der Waals surface area contributed by atoms with Crippen molar-refractivity contribution in [2.24, 2.45) is 0 Å². The second-order valence-corrected chi connectivity index (χ2v) is 0. The average Bonchev–Trinajstić information content (AvgIpc) is 0. The van der Waals surface area contributed by atoms with Crippen molar-refractivity contribution in [3.05, 3.63) is 0 Å². The molecule has 0 rings (SSSR count). The molecule has 0 aliphatic rings. The van der Waals surface area contributed by atoms with Crippen LogP contribution in [-0.4, -0.2) is 65.1 Å². The first kappa shape index (κ1) is 231. The van der Waals surface area contributed by atoms with E-state index in [1.807, 2.05) is 0 Å². The van der Waals surface area contributed by atoms with Crippen molar-refractivity contribution in [1.29, 1.82) is 0 Å². The van der Waals surface area contributed by atoms with Gasteiger partial charge in [0.2, 0.25) is 0 Å². The Bertz CT molecular complexity index is 3.90. The third-order valence-corrected chi connectivity index (χ3v) is 0. The molecule has 0 aromatic heterocycles. The Balaban J connectivity index is 0. The molecule has 0 aliphatic heterocycles. The van der Waals surface area contributed by atoms with Crippen molar-refractivity contribution in [3.8, 4) is 0 Å². The summed E-state index contributed by atoms with van der Waals surface area (Å²) in [4.78, 5) is 0. The molecule has 6 heteroatoms. The summed E-state index contributed by atoms with van der Waals surface area (Å²) < 4.78 is 0. The average molecular weight is 127 g/mol. The molecule has 0 spiro atoms. The van der Waals surface area contributed by atoms with Crippen LogP contribution in [0.2, 0.25) is 0 Å². The van der Waals surface area contributed by atoms with E-state index < -0.39 is 0 Å². The fourth-order valence-electron chi connectivity index (χ4n) is 0. The van der Waals surface area contributed by atoms with Crippen LogP contribution >= 0.6 is 0 Å². The first-order valence-electron chi connectivity index (χ1n) is 0. The van der Waals surface area contributed by atoms with Gasteiger partial charge in [-0.2, -0.15) is 0 Å². The molecule has 0 saturated carbocycles. The molecular formula is H7CaO5-. The normalized spacial score (nSPS) is 0. The Morgan fingerprint density at radius 3 is 0.500 bits per heavy atom. The molecule has 0 fully saturated rings. The summed E-state index contributed by atoms with van der Waals surface area (Å²) in [6.45, 7) is 0. The van der Waals surface area contributed by atoms with Gasteiger partial charge in [0.15, 0.2) is 0 Å². The Hall–Kier alpha value is 1.06. The molecule has 0 aromatic rings. The quantitative estimate of drug-likeness (QED) is 0.328. The minimum atomic E-state index is 0. The van der Waals surface area contributed by atoms with E-state index in [1.165, 1.54) is 0 Å². The largest absolute Gasteiger partial charge is 2.00 e. The van der Waals surface area contributed by atoms with Crippen molar-refractivity contribution >= 4 is 37.7 Å². The summed E-state index contributed by atoms with van der Waals surface area (Å²) in [6, 6.07) is 0. The topological polar surface area (TPSA) is 153 Å². The van der Waals surface area contributed by atoms with Crippen molar-refractivity contribution in [2.45, 2.75) is 0 Å². The Labute approximate surface area is 64.9 Å². The molecule has 0 aliphatic carbocycles. The van der Waals surface area contributed by atoms with E-state index >= 15 is 0 Å². The molecule has 0 unspecified atom stereocenters. The summed E-state index contributed by atoms with van der Waals surface area (Å²) >= 11 is 0. The minimum absolute atomic E-state index is 0. The number of hydrogen-bond acceptors (Lipinski definition) is 3. The van der Waals surface area contributed by atoms with E-state index in [2.05, 4.69) is 0 Å². The number of rotatable bonds is 0. The molecule has 0 heterocycles. The summed E-state index contributed by atoms with van der Waals surface area (Å²) in [5, 5.41) is 0. The maximum atomic E-state index is 0. The Kier molecular flexibility index (Phi) is 5310. The van der Waals surface area contributed by atoms with E-state index in [0.29, 0.717) is 0 Å². The molecule has 0 atom stereocenters. The van der Waals surface area contributed by atoms with E-state index in [-0.39, 0.29) is 65.1 Å². The van der Waals surface area contributed by atoms with Gasteiger partial charge in [0.05, 0.1) is 0 Å².